The molecule has 1 heterocycles. The third-order valence-corrected chi connectivity index (χ3v) is 3.40. The zero-order chi connectivity index (χ0) is 17.9. The predicted octanol–water partition coefficient (Wildman–Crippen LogP) is 0.231. The van der Waals surface area contributed by atoms with Crippen molar-refractivity contribution in [1.82, 2.24) is 0 Å². The molecule has 1 aromatic carbocycles. The van der Waals surface area contributed by atoms with E-state index < -0.39 is 59.4 Å². The van der Waals surface area contributed by atoms with Gasteiger partial charge < -0.3 is 24.8 Å². The maximum atomic E-state index is 13.9. The minimum absolute atomic E-state index is 0.455. The molecule has 0 amide bonds. The summed E-state index contributed by atoms with van der Waals surface area (Å²) in [4.78, 5) is 12.3. The first-order valence-electron chi connectivity index (χ1n) is 6.66. The van der Waals surface area contributed by atoms with Crippen molar-refractivity contribution in [3.05, 3.63) is 44.6 Å². The highest BCUT2D eigenvalue weighted by molar-refractivity contribution is 5.37. The maximum Gasteiger partial charge on any atom is 0.272 e. The maximum absolute atomic E-state index is 13.9. The molecule has 24 heavy (non-hydrogen) atoms. The summed E-state index contributed by atoms with van der Waals surface area (Å²) in [5.74, 6) is -1.53. The molecular weight excluding hydrogens is 331 g/mol. The lowest BCUT2D eigenvalue weighted by molar-refractivity contribution is -0.385. The van der Waals surface area contributed by atoms with Crippen LogP contribution >= 0.6 is 0 Å². The molecule has 0 aliphatic carbocycles. The summed E-state index contributed by atoms with van der Waals surface area (Å²) in [6.07, 6.45) is -5.95. The number of rotatable bonds is 5. The number of aliphatic hydroxyl groups excluding tert-OH is 3. The first-order valence-corrected chi connectivity index (χ1v) is 6.66. The second-order valence-electron chi connectivity index (χ2n) is 4.89. The van der Waals surface area contributed by atoms with E-state index in [4.69, 9.17) is 20.1 Å². The Morgan fingerprint density at radius 1 is 1.46 bits per heavy atom. The number of hydrogen-bond donors (Lipinski definition) is 3. The zero-order valence-corrected chi connectivity index (χ0v) is 12.0. The number of nitrogens with zero attached hydrogens (tertiary/aromatic N) is 4. The second kappa shape index (κ2) is 7.38. The molecular formula is C12H13FN4O7. The molecule has 0 unspecified atom stereocenters. The van der Waals surface area contributed by atoms with Crippen LogP contribution in [0.5, 0.6) is 5.75 Å². The molecule has 1 aliphatic heterocycles. The van der Waals surface area contributed by atoms with Crippen LogP contribution in [-0.4, -0.2) is 57.5 Å². The van der Waals surface area contributed by atoms with Gasteiger partial charge in [-0.2, -0.15) is 0 Å². The lowest BCUT2D eigenvalue weighted by atomic mass is 9.98. The van der Waals surface area contributed by atoms with Crippen molar-refractivity contribution < 1.29 is 34.1 Å². The number of non-ortho nitro benzene ring substituents is 1. The molecule has 0 bridgehead atoms. The van der Waals surface area contributed by atoms with E-state index in [9.17, 15) is 24.7 Å². The normalized spacial score (nSPS) is 29.6. The number of hydrogen-bond acceptors (Lipinski definition) is 8. The Kier molecular flexibility index (Phi) is 5.49. The molecule has 3 N–H and O–H groups in total. The van der Waals surface area contributed by atoms with Crippen LogP contribution in [0.1, 0.15) is 0 Å². The molecule has 11 nitrogen and oxygen atoms in total. The van der Waals surface area contributed by atoms with Gasteiger partial charge in [-0.1, -0.05) is 5.11 Å². The molecule has 0 aromatic heterocycles. The van der Waals surface area contributed by atoms with Crippen LogP contribution in [0.25, 0.3) is 10.4 Å². The van der Waals surface area contributed by atoms with Crippen LogP contribution in [0.2, 0.25) is 0 Å². The number of aliphatic hydroxyl groups is 3. The SMILES string of the molecule is [N-]=[N+]=N[C@H]1[C@H](Oc2ccc([N+](=O)[O-])cc2F)O[C@H](CO)[C@H](O)[C@@H]1O. The largest absolute Gasteiger partial charge is 0.461 e. The molecule has 1 saturated heterocycles. The van der Waals surface area contributed by atoms with Crippen molar-refractivity contribution >= 4 is 5.69 Å². The Hall–Kier alpha value is -2.50. The van der Waals surface area contributed by atoms with Gasteiger partial charge in [-0.3, -0.25) is 10.1 Å². The monoisotopic (exact) mass is 344 g/mol. The molecule has 5 atom stereocenters. The highest BCUT2D eigenvalue weighted by atomic mass is 19.1. The first kappa shape index (κ1) is 17.8. The van der Waals surface area contributed by atoms with Crippen LogP contribution < -0.4 is 4.74 Å². The van der Waals surface area contributed by atoms with Crippen molar-refractivity contribution in [2.45, 2.75) is 30.6 Å². The number of halogens is 1. The third-order valence-electron chi connectivity index (χ3n) is 3.40. The van der Waals surface area contributed by atoms with Gasteiger partial charge in [0.25, 0.3) is 5.69 Å². The van der Waals surface area contributed by atoms with Crippen molar-refractivity contribution in [2.24, 2.45) is 5.11 Å². The summed E-state index contributed by atoms with van der Waals surface area (Å²) < 4.78 is 24.2. The molecule has 0 radical (unpaired) electrons. The van der Waals surface area contributed by atoms with E-state index in [1.54, 1.807) is 0 Å². The average Bonchev–Trinajstić information content (AvgIpc) is 2.55. The molecule has 12 heteroatoms. The molecule has 130 valence electrons. The zero-order valence-electron chi connectivity index (χ0n) is 12.0. The number of ether oxygens (including phenoxy) is 2. The number of nitro groups is 1. The standard InChI is InChI=1S/C12H13FN4O7/c13-6-3-5(17(21)22)1-2-7(6)23-12-9(15-16-14)11(20)10(19)8(4-18)24-12/h1-3,8-12,18-20H,4H2/t8-,9-,10+,11-,12-/m1/s1. The van der Waals surface area contributed by atoms with Gasteiger partial charge in [-0.25, -0.2) is 4.39 Å². The van der Waals surface area contributed by atoms with Crippen molar-refractivity contribution in [3.63, 3.8) is 0 Å². The van der Waals surface area contributed by atoms with Crippen molar-refractivity contribution in [2.75, 3.05) is 6.61 Å². The summed E-state index contributed by atoms with van der Waals surface area (Å²) in [5.41, 5.74) is 8.04. The molecule has 1 aliphatic rings. The van der Waals surface area contributed by atoms with Gasteiger partial charge in [0.2, 0.25) is 6.29 Å². The van der Waals surface area contributed by atoms with Gasteiger partial charge in [0.05, 0.1) is 23.7 Å². The summed E-state index contributed by atoms with van der Waals surface area (Å²) in [7, 11) is 0. The highest BCUT2D eigenvalue weighted by Crippen LogP contribution is 2.29. The van der Waals surface area contributed by atoms with Gasteiger partial charge in [-0.05, 0) is 11.6 Å². The van der Waals surface area contributed by atoms with Gasteiger partial charge in [-0.15, -0.1) is 0 Å². The smallest absolute Gasteiger partial charge is 0.272 e. The Morgan fingerprint density at radius 3 is 2.71 bits per heavy atom. The van der Waals surface area contributed by atoms with Gasteiger partial charge in [0.1, 0.15) is 18.2 Å². The molecule has 0 saturated carbocycles. The topological polar surface area (TPSA) is 171 Å². The predicted molar refractivity (Wildman–Crippen MR) is 74.4 cm³/mol. The molecule has 0 spiro atoms. The van der Waals surface area contributed by atoms with Crippen LogP contribution in [0.15, 0.2) is 23.3 Å². The Labute approximate surface area is 133 Å². The quantitative estimate of drug-likeness (QED) is 0.225. The first-order chi connectivity index (χ1) is 11.4. The van der Waals surface area contributed by atoms with E-state index in [1.165, 1.54) is 0 Å². The minimum Gasteiger partial charge on any atom is -0.461 e. The number of azide groups is 1. The fourth-order valence-corrected chi connectivity index (χ4v) is 2.17. The van der Waals surface area contributed by atoms with Gasteiger partial charge in [0, 0.05) is 11.0 Å². The average molecular weight is 344 g/mol. The lowest BCUT2D eigenvalue weighted by Gasteiger charge is -2.40. The van der Waals surface area contributed by atoms with Gasteiger partial charge >= 0.3 is 0 Å². The van der Waals surface area contributed by atoms with Crippen molar-refractivity contribution in [3.8, 4) is 5.75 Å². The van der Waals surface area contributed by atoms with Crippen LogP contribution in [0.4, 0.5) is 10.1 Å². The van der Waals surface area contributed by atoms with Crippen LogP contribution in [-0.2, 0) is 4.74 Å². The van der Waals surface area contributed by atoms with E-state index in [0.717, 1.165) is 12.1 Å². The Bertz CT molecular complexity index is 669. The second-order valence-corrected chi connectivity index (χ2v) is 4.89. The number of nitro benzene ring substituents is 1. The Morgan fingerprint density at radius 2 is 2.17 bits per heavy atom. The van der Waals surface area contributed by atoms with E-state index in [0.29, 0.717) is 6.07 Å². The van der Waals surface area contributed by atoms with Crippen LogP contribution in [0.3, 0.4) is 0 Å². The van der Waals surface area contributed by atoms with Gasteiger partial charge in [0.15, 0.2) is 11.6 Å². The third kappa shape index (κ3) is 3.53. The summed E-state index contributed by atoms with van der Waals surface area (Å²) in [6.45, 7) is -0.677. The number of benzene rings is 1. The fraction of sp³-hybridized carbons (Fsp3) is 0.500. The van der Waals surface area contributed by atoms with Crippen LogP contribution in [0, 0.1) is 15.9 Å². The van der Waals surface area contributed by atoms with E-state index >= 15 is 0 Å². The summed E-state index contributed by atoms with van der Waals surface area (Å²) >= 11 is 0. The van der Waals surface area contributed by atoms with E-state index in [1.807, 2.05) is 0 Å². The highest BCUT2D eigenvalue weighted by Gasteiger charge is 2.45. The minimum atomic E-state index is -1.63. The lowest BCUT2D eigenvalue weighted by Crippen LogP contribution is -2.59. The van der Waals surface area contributed by atoms with E-state index in [2.05, 4.69) is 10.0 Å². The fourth-order valence-electron chi connectivity index (χ4n) is 2.17. The summed E-state index contributed by atoms with van der Waals surface area (Å²) in [5, 5.41) is 42.6. The van der Waals surface area contributed by atoms with E-state index in [-0.39, 0.29) is 0 Å². The molecule has 1 aromatic rings. The molecule has 2 rings (SSSR count). The summed E-state index contributed by atoms with van der Waals surface area (Å²) in [6, 6.07) is 1.14. The van der Waals surface area contributed by atoms with Crippen molar-refractivity contribution in [1.29, 1.82) is 0 Å². The Balaban J connectivity index is 2.27. The molecule has 1 fully saturated rings.